The van der Waals surface area contributed by atoms with Gasteiger partial charge in [0.25, 0.3) is 0 Å². The average molecular weight is 636 g/mol. The molecule has 0 aromatic carbocycles. The third-order valence-corrected chi connectivity index (χ3v) is 9.59. The molecule has 0 heterocycles. The van der Waals surface area contributed by atoms with Crippen LogP contribution in [0.5, 0.6) is 0 Å². The van der Waals surface area contributed by atoms with Crippen LogP contribution in [0.3, 0.4) is 0 Å². The van der Waals surface area contributed by atoms with Gasteiger partial charge in [0.05, 0.1) is 6.10 Å². The number of nitrogens with one attached hydrogen (secondary N) is 1. The Morgan fingerprint density at radius 1 is 0.422 bits per heavy atom. The molecule has 1 amide bonds. The number of Topliss-reactive ketones (excluding diaryl/α,β-unsaturated/α-hetero) is 1. The Balaban J connectivity index is 3.33. The van der Waals surface area contributed by atoms with Crippen molar-refractivity contribution in [2.45, 2.75) is 245 Å². The predicted molar refractivity (Wildman–Crippen MR) is 197 cm³/mol. The van der Waals surface area contributed by atoms with Gasteiger partial charge in [-0.15, -0.1) is 0 Å². The van der Waals surface area contributed by atoms with E-state index in [1.165, 1.54) is 167 Å². The van der Waals surface area contributed by atoms with Crippen LogP contribution in [0.15, 0.2) is 0 Å². The summed E-state index contributed by atoms with van der Waals surface area (Å²) in [5, 5.41) is 13.1. The van der Waals surface area contributed by atoms with E-state index in [0.717, 1.165) is 51.4 Å². The molecule has 0 unspecified atom stereocenters. The number of carbonyl (C=O) groups excluding carboxylic acids is 2. The molecule has 1 atom stereocenters. The van der Waals surface area contributed by atoms with Crippen molar-refractivity contribution in [1.82, 2.24) is 5.32 Å². The fourth-order valence-electron chi connectivity index (χ4n) is 6.42. The highest BCUT2D eigenvalue weighted by Crippen LogP contribution is 2.15. The number of hydrogen-bond acceptors (Lipinski definition) is 3. The molecule has 2 N–H and O–H groups in total. The molecule has 4 heteroatoms. The van der Waals surface area contributed by atoms with Gasteiger partial charge in [-0.1, -0.05) is 194 Å². The molecular weight excluding hydrogens is 554 g/mol. The Hall–Kier alpha value is -0.900. The smallest absolute Gasteiger partial charge is 0.220 e. The molecule has 268 valence electrons. The zero-order chi connectivity index (χ0) is 32.9. The van der Waals surface area contributed by atoms with Gasteiger partial charge in [0.2, 0.25) is 5.91 Å². The minimum atomic E-state index is -0.406. The lowest BCUT2D eigenvalue weighted by molar-refractivity contribution is -0.121. The van der Waals surface area contributed by atoms with Crippen molar-refractivity contribution in [2.24, 2.45) is 0 Å². The van der Waals surface area contributed by atoms with E-state index < -0.39 is 6.10 Å². The first-order valence-electron chi connectivity index (χ1n) is 20.6. The van der Waals surface area contributed by atoms with Crippen molar-refractivity contribution in [1.29, 1.82) is 0 Å². The Bertz CT molecular complexity index is 608. The molecule has 4 nitrogen and oxygen atoms in total. The molecule has 0 saturated carbocycles. The maximum atomic E-state index is 12.1. The summed E-state index contributed by atoms with van der Waals surface area (Å²) < 4.78 is 0. The van der Waals surface area contributed by atoms with Crippen LogP contribution in [0.4, 0.5) is 0 Å². The quantitative estimate of drug-likeness (QED) is 0.0663. The number of aliphatic hydroxyl groups excluding tert-OH is 1. The Labute approximate surface area is 282 Å². The van der Waals surface area contributed by atoms with E-state index in [-0.39, 0.29) is 5.91 Å². The van der Waals surface area contributed by atoms with Gasteiger partial charge in [0.15, 0.2) is 0 Å². The Kier molecular flexibility index (Phi) is 36.8. The van der Waals surface area contributed by atoms with Crippen molar-refractivity contribution in [3.8, 4) is 0 Å². The topological polar surface area (TPSA) is 66.4 Å². The normalized spacial score (nSPS) is 12.1. The van der Waals surface area contributed by atoms with Crippen molar-refractivity contribution >= 4 is 11.7 Å². The van der Waals surface area contributed by atoms with E-state index in [1.807, 2.05) is 0 Å². The minimum Gasteiger partial charge on any atom is -0.391 e. The highest BCUT2D eigenvalue weighted by molar-refractivity contribution is 5.78. The van der Waals surface area contributed by atoms with Gasteiger partial charge >= 0.3 is 0 Å². The number of amides is 1. The molecular formula is C41H81NO3. The minimum absolute atomic E-state index is 0.0853. The second-order valence-electron chi connectivity index (χ2n) is 14.3. The van der Waals surface area contributed by atoms with E-state index in [4.69, 9.17) is 0 Å². The van der Waals surface area contributed by atoms with Crippen molar-refractivity contribution in [3.63, 3.8) is 0 Å². The molecule has 0 aromatic rings. The van der Waals surface area contributed by atoms with Gasteiger partial charge in [0, 0.05) is 25.8 Å². The number of unbranched alkanes of at least 4 members (excludes halogenated alkanes) is 28. The molecule has 0 saturated heterocycles. The van der Waals surface area contributed by atoms with Crippen LogP contribution >= 0.6 is 0 Å². The SMILES string of the molecule is CCCCCCCCCCCCCCCC[C@H](O)CNC(=O)CCCCCCCCCCC(=O)CCCCCCCCCCC. The van der Waals surface area contributed by atoms with Crippen LogP contribution < -0.4 is 5.32 Å². The summed E-state index contributed by atoms with van der Waals surface area (Å²) in [6.07, 6.45) is 42.3. The Morgan fingerprint density at radius 3 is 1.07 bits per heavy atom. The second kappa shape index (κ2) is 37.6. The molecule has 0 aliphatic carbocycles. The molecule has 0 bridgehead atoms. The van der Waals surface area contributed by atoms with E-state index in [0.29, 0.717) is 18.7 Å². The molecule has 0 spiro atoms. The number of hydrogen-bond donors (Lipinski definition) is 2. The number of carbonyl (C=O) groups is 2. The van der Waals surface area contributed by atoms with Crippen LogP contribution in [0.1, 0.15) is 239 Å². The monoisotopic (exact) mass is 636 g/mol. The largest absolute Gasteiger partial charge is 0.391 e. The van der Waals surface area contributed by atoms with E-state index in [1.54, 1.807) is 0 Å². The first-order chi connectivity index (χ1) is 22.1. The molecule has 45 heavy (non-hydrogen) atoms. The molecule has 0 fully saturated rings. The van der Waals surface area contributed by atoms with Crippen molar-refractivity contribution in [3.05, 3.63) is 0 Å². The third kappa shape index (κ3) is 37.4. The molecule has 0 aliphatic heterocycles. The van der Waals surface area contributed by atoms with Gasteiger partial charge in [-0.25, -0.2) is 0 Å². The van der Waals surface area contributed by atoms with Crippen LogP contribution in [-0.4, -0.2) is 29.4 Å². The lowest BCUT2D eigenvalue weighted by atomic mass is 10.0. The maximum absolute atomic E-state index is 12.1. The van der Waals surface area contributed by atoms with Gasteiger partial charge in [0.1, 0.15) is 5.78 Å². The first-order valence-corrected chi connectivity index (χ1v) is 20.6. The summed E-state index contributed by atoms with van der Waals surface area (Å²) in [7, 11) is 0. The Morgan fingerprint density at radius 2 is 0.711 bits per heavy atom. The highest BCUT2D eigenvalue weighted by Gasteiger charge is 2.07. The van der Waals surface area contributed by atoms with Crippen molar-refractivity contribution in [2.75, 3.05) is 6.54 Å². The second-order valence-corrected chi connectivity index (χ2v) is 14.3. The van der Waals surface area contributed by atoms with Gasteiger partial charge in [-0.3, -0.25) is 9.59 Å². The summed E-state index contributed by atoms with van der Waals surface area (Å²) in [4.78, 5) is 24.2. The summed E-state index contributed by atoms with van der Waals surface area (Å²) >= 11 is 0. The van der Waals surface area contributed by atoms with Crippen LogP contribution in [0.25, 0.3) is 0 Å². The number of rotatable bonds is 38. The zero-order valence-corrected chi connectivity index (χ0v) is 30.8. The summed E-state index contributed by atoms with van der Waals surface area (Å²) in [6.45, 7) is 4.94. The standard InChI is InChI=1S/C41H81NO3/c1-3-5-7-9-11-13-14-15-16-17-19-24-28-32-36-40(44)38-42-41(45)37-33-29-25-21-20-23-27-31-35-39(43)34-30-26-22-18-12-10-8-6-4-2/h40,44H,3-38H2,1-2H3,(H,42,45)/t40-/m0/s1. The van der Waals surface area contributed by atoms with Crippen LogP contribution in [0.2, 0.25) is 0 Å². The summed E-state index contributed by atoms with van der Waals surface area (Å²) in [6, 6.07) is 0. The van der Waals surface area contributed by atoms with Crippen LogP contribution in [-0.2, 0) is 9.59 Å². The van der Waals surface area contributed by atoms with Crippen molar-refractivity contribution < 1.29 is 14.7 Å². The van der Waals surface area contributed by atoms with Crippen LogP contribution in [0, 0.1) is 0 Å². The fourth-order valence-corrected chi connectivity index (χ4v) is 6.42. The highest BCUT2D eigenvalue weighted by atomic mass is 16.3. The maximum Gasteiger partial charge on any atom is 0.220 e. The van der Waals surface area contributed by atoms with Gasteiger partial charge < -0.3 is 10.4 Å². The predicted octanol–water partition coefficient (Wildman–Crippen LogP) is 12.7. The number of ketones is 1. The zero-order valence-electron chi connectivity index (χ0n) is 30.8. The van der Waals surface area contributed by atoms with E-state index in [2.05, 4.69) is 19.2 Å². The fraction of sp³-hybridized carbons (Fsp3) is 0.951. The van der Waals surface area contributed by atoms with E-state index >= 15 is 0 Å². The molecule has 0 aliphatic rings. The average Bonchev–Trinajstić information content (AvgIpc) is 3.04. The lowest BCUT2D eigenvalue weighted by Gasteiger charge is -2.12. The summed E-state index contributed by atoms with van der Waals surface area (Å²) in [5.41, 5.74) is 0. The molecule has 0 aromatic heterocycles. The summed E-state index contributed by atoms with van der Waals surface area (Å²) in [5.74, 6) is 0.556. The molecule has 0 radical (unpaired) electrons. The van der Waals surface area contributed by atoms with Gasteiger partial charge in [-0.05, 0) is 25.7 Å². The lowest BCUT2D eigenvalue weighted by Crippen LogP contribution is -2.31. The number of aliphatic hydroxyl groups is 1. The first kappa shape index (κ1) is 44.1. The third-order valence-electron chi connectivity index (χ3n) is 9.59. The molecule has 0 rings (SSSR count). The van der Waals surface area contributed by atoms with E-state index in [9.17, 15) is 14.7 Å². The van der Waals surface area contributed by atoms with Gasteiger partial charge in [-0.2, -0.15) is 0 Å².